The first-order valence-electron chi connectivity index (χ1n) is 6.43. The Morgan fingerprint density at radius 3 is 2.76 bits per heavy atom. The molecule has 4 nitrogen and oxygen atoms in total. The fourth-order valence-electron chi connectivity index (χ4n) is 1.83. The Morgan fingerprint density at radius 2 is 2.00 bits per heavy atom. The van der Waals surface area contributed by atoms with Crippen LogP contribution < -0.4 is 10.6 Å². The first kappa shape index (κ1) is 15.0. The topological polar surface area (TPSA) is 64.9 Å². The van der Waals surface area contributed by atoms with Crippen LogP contribution in [0.15, 0.2) is 48.5 Å². The highest BCUT2D eigenvalue weighted by Gasteiger charge is 2.04. The number of nitrogens with zero attached hydrogens (tertiary/aromatic N) is 1. The predicted octanol–water partition coefficient (Wildman–Crippen LogP) is 2.94. The number of para-hydroxylation sites is 1. The van der Waals surface area contributed by atoms with E-state index >= 15 is 0 Å². The number of hydrogen-bond acceptors (Lipinski definition) is 3. The third kappa shape index (κ3) is 4.60. The number of nitrogens with one attached hydrogen (secondary N) is 2. The molecule has 2 aromatic carbocycles. The Labute approximate surface area is 128 Å². The summed E-state index contributed by atoms with van der Waals surface area (Å²) in [5.74, 6) is -0.167. The van der Waals surface area contributed by atoms with Gasteiger partial charge in [-0.25, -0.2) is 0 Å². The number of amides is 1. The van der Waals surface area contributed by atoms with E-state index in [2.05, 4.69) is 16.7 Å². The number of hydrogen-bond donors (Lipinski definition) is 2. The summed E-state index contributed by atoms with van der Waals surface area (Å²) in [6.07, 6.45) is 0. The van der Waals surface area contributed by atoms with Crippen LogP contribution in [0.5, 0.6) is 0 Å². The average Bonchev–Trinajstić information content (AvgIpc) is 2.50. The smallest absolute Gasteiger partial charge is 0.238 e. The van der Waals surface area contributed by atoms with E-state index in [0.717, 1.165) is 5.56 Å². The zero-order valence-electron chi connectivity index (χ0n) is 11.3. The number of nitriles is 1. The molecule has 0 atom stereocenters. The summed E-state index contributed by atoms with van der Waals surface area (Å²) < 4.78 is 0. The minimum Gasteiger partial charge on any atom is -0.324 e. The molecule has 0 heterocycles. The van der Waals surface area contributed by atoms with E-state index in [1.54, 1.807) is 30.3 Å². The molecule has 0 unspecified atom stereocenters. The maximum absolute atomic E-state index is 11.8. The van der Waals surface area contributed by atoms with Crippen LogP contribution in [0.4, 0.5) is 5.69 Å². The molecule has 0 spiro atoms. The number of benzene rings is 2. The third-order valence-corrected chi connectivity index (χ3v) is 3.15. The van der Waals surface area contributed by atoms with Crippen LogP contribution in [0.25, 0.3) is 0 Å². The lowest BCUT2D eigenvalue weighted by Gasteiger charge is -2.08. The Kier molecular flexibility index (Phi) is 5.33. The molecule has 2 aromatic rings. The molecule has 0 saturated carbocycles. The highest BCUT2D eigenvalue weighted by atomic mass is 35.5. The average molecular weight is 300 g/mol. The van der Waals surface area contributed by atoms with Crippen molar-refractivity contribution in [3.63, 3.8) is 0 Å². The Hall–Kier alpha value is -2.35. The number of anilines is 1. The van der Waals surface area contributed by atoms with Crippen LogP contribution in [0, 0.1) is 11.3 Å². The summed E-state index contributed by atoms with van der Waals surface area (Å²) in [4.78, 5) is 11.8. The van der Waals surface area contributed by atoms with Crippen LogP contribution in [-0.4, -0.2) is 12.5 Å². The third-order valence-electron chi connectivity index (χ3n) is 2.82. The van der Waals surface area contributed by atoms with Crippen molar-refractivity contribution in [3.8, 4) is 6.07 Å². The van der Waals surface area contributed by atoms with E-state index in [1.807, 2.05) is 18.2 Å². The Bertz CT molecular complexity index is 679. The number of halogens is 1. The fourth-order valence-corrected chi connectivity index (χ4v) is 2.01. The fraction of sp³-hybridized carbons (Fsp3) is 0.125. The number of rotatable bonds is 5. The molecule has 5 heteroatoms. The first-order chi connectivity index (χ1) is 10.2. The van der Waals surface area contributed by atoms with Gasteiger partial charge in [0.25, 0.3) is 0 Å². The molecule has 0 aliphatic rings. The molecule has 0 radical (unpaired) electrons. The van der Waals surface area contributed by atoms with Gasteiger partial charge in [0.15, 0.2) is 0 Å². The summed E-state index contributed by atoms with van der Waals surface area (Å²) in [5.41, 5.74) is 2.16. The predicted molar refractivity (Wildman–Crippen MR) is 82.9 cm³/mol. The van der Waals surface area contributed by atoms with Crippen LogP contribution in [0.1, 0.15) is 11.1 Å². The van der Waals surface area contributed by atoms with E-state index in [0.29, 0.717) is 22.8 Å². The van der Waals surface area contributed by atoms with Crippen molar-refractivity contribution >= 4 is 23.2 Å². The molecule has 106 valence electrons. The van der Waals surface area contributed by atoms with E-state index in [1.165, 1.54) is 0 Å². The van der Waals surface area contributed by atoms with Gasteiger partial charge in [-0.1, -0.05) is 35.9 Å². The molecular weight excluding hydrogens is 286 g/mol. The lowest BCUT2D eigenvalue weighted by molar-refractivity contribution is -0.115. The molecule has 0 saturated heterocycles. The summed E-state index contributed by atoms with van der Waals surface area (Å²) in [7, 11) is 0. The molecule has 2 N–H and O–H groups in total. The molecule has 21 heavy (non-hydrogen) atoms. The van der Waals surface area contributed by atoms with Gasteiger partial charge >= 0.3 is 0 Å². The molecule has 0 fully saturated rings. The van der Waals surface area contributed by atoms with Gasteiger partial charge in [0.05, 0.1) is 28.9 Å². The lowest BCUT2D eigenvalue weighted by Crippen LogP contribution is -2.27. The van der Waals surface area contributed by atoms with Crippen LogP contribution in [-0.2, 0) is 11.3 Å². The minimum absolute atomic E-state index is 0.167. The van der Waals surface area contributed by atoms with Gasteiger partial charge in [-0.3, -0.25) is 4.79 Å². The van der Waals surface area contributed by atoms with Crippen molar-refractivity contribution in [2.45, 2.75) is 6.54 Å². The van der Waals surface area contributed by atoms with E-state index in [-0.39, 0.29) is 12.5 Å². The largest absolute Gasteiger partial charge is 0.324 e. The van der Waals surface area contributed by atoms with Crippen molar-refractivity contribution in [1.29, 1.82) is 5.26 Å². The second kappa shape index (κ2) is 7.44. The van der Waals surface area contributed by atoms with Crippen molar-refractivity contribution in [3.05, 3.63) is 64.7 Å². The quantitative estimate of drug-likeness (QED) is 0.892. The molecule has 1 amide bonds. The molecule has 0 aromatic heterocycles. The van der Waals surface area contributed by atoms with Crippen LogP contribution in [0.3, 0.4) is 0 Å². The molecule has 0 bridgehead atoms. The molecule has 0 aliphatic carbocycles. The lowest BCUT2D eigenvalue weighted by atomic mass is 10.1. The SMILES string of the molecule is N#Cc1cccc(CNCC(=O)Nc2ccccc2Cl)c1. The van der Waals surface area contributed by atoms with Gasteiger partial charge in [0.1, 0.15) is 0 Å². The van der Waals surface area contributed by atoms with Gasteiger partial charge in [0.2, 0.25) is 5.91 Å². The van der Waals surface area contributed by atoms with Crippen LogP contribution in [0.2, 0.25) is 5.02 Å². The van der Waals surface area contributed by atoms with Gasteiger partial charge in [-0.05, 0) is 29.8 Å². The molecule has 2 rings (SSSR count). The standard InChI is InChI=1S/C16H14ClN3O/c17-14-6-1-2-7-15(14)20-16(21)11-19-10-13-5-3-4-12(8-13)9-18/h1-8,19H,10-11H2,(H,20,21). The van der Waals surface area contributed by atoms with E-state index in [4.69, 9.17) is 16.9 Å². The first-order valence-corrected chi connectivity index (χ1v) is 6.81. The molecule has 0 aliphatic heterocycles. The van der Waals surface area contributed by atoms with Crippen molar-refractivity contribution in [2.24, 2.45) is 0 Å². The summed E-state index contributed by atoms with van der Waals surface area (Å²) >= 11 is 5.97. The maximum Gasteiger partial charge on any atom is 0.238 e. The van der Waals surface area contributed by atoms with E-state index in [9.17, 15) is 4.79 Å². The van der Waals surface area contributed by atoms with Crippen LogP contribution >= 0.6 is 11.6 Å². The maximum atomic E-state index is 11.8. The second-order valence-corrected chi connectivity index (χ2v) is 4.85. The number of carbonyl (C=O) groups excluding carboxylic acids is 1. The monoisotopic (exact) mass is 299 g/mol. The highest BCUT2D eigenvalue weighted by Crippen LogP contribution is 2.19. The second-order valence-electron chi connectivity index (χ2n) is 4.44. The van der Waals surface area contributed by atoms with Gasteiger partial charge in [0, 0.05) is 6.54 Å². The van der Waals surface area contributed by atoms with Gasteiger partial charge in [-0.2, -0.15) is 5.26 Å². The zero-order valence-corrected chi connectivity index (χ0v) is 12.0. The summed E-state index contributed by atoms with van der Waals surface area (Å²) in [6.45, 7) is 0.688. The summed E-state index contributed by atoms with van der Waals surface area (Å²) in [5, 5.41) is 15.1. The van der Waals surface area contributed by atoms with E-state index < -0.39 is 0 Å². The highest BCUT2D eigenvalue weighted by molar-refractivity contribution is 6.33. The van der Waals surface area contributed by atoms with Gasteiger partial charge in [-0.15, -0.1) is 0 Å². The molecular formula is C16H14ClN3O. The Morgan fingerprint density at radius 1 is 1.19 bits per heavy atom. The summed E-state index contributed by atoms with van der Waals surface area (Å²) in [6, 6.07) is 16.4. The van der Waals surface area contributed by atoms with Crippen molar-refractivity contribution < 1.29 is 4.79 Å². The number of carbonyl (C=O) groups is 1. The van der Waals surface area contributed by atoms with Crippen molar-refractivity contribution in [1.82, 2.24) is 5.32 Å². The van der Waals surface area contributed by atoms with Crippen molar-refractivity contribution in [2.75, 3.05) is 11.9 Å². The Balaban J connectivity index is 1.82. The van der Waals surface area contributed by atoms with Gasteiger partial charge < -0.3 is 10.6 Å². The minimum atomic E-state index is -0.167. The normalized spacial score (nSPS) is 9.90. The zero-order chi connectivity index (χ0) is 15.1.